The molecule has 0 bridgehead atoms. The molecule has 308 valence electrons. The molecule has 3 saturated heterocycles. The highest BCUT2D eigenvalue weighted by molar-refractivity contribution is 5.86. The predicted octanol–water partition coefficient (Wildman–Crippen LogP) is -2.40. The van der Waals surface area contributed by atoms with Crippen molar-refractivity contribution in [3.63, 3.8) is 0 Å². The molecular weight excluding hydrogens is 752 g/mol. The number of phenolic OH excluding ortho intramolecular Hbond substituents is 1. The number of aliphatic hydroxyl groups is 8. The van der Waals surface area contributed by atoms with Crippen molar-refractivity contribution < 1.29 is 93.1 Å². The number of ether oxygens (including phenoxy) is 8. The van der Waals surface area contributed by atoms with Gasteiger partial charge in [0.2, 0.25) is 6.29 Å². The molecule has 0 aliphatic carbocycles. The SMILES string of the molecule is COc1ccc(-c2cc(=O)c3c(O)cc(O[C@@H]4O[C@@H](CO[C@@H]5O[C@H](CO)[C@H](O)[C@H](O)[C@H]5O)[C@H](O)[C@H](O)[C@@H]4O[C@@H]4O[C@@H](C)[C@H](O)[C@@H](OC(C)=O)[C@@H]4O)cc3o2)cc1. The van der Waals surface area contributed by atoms with Gasteiger partial charge in [0, 0.05) is 30.7 Å². The summed E-state index contributed by atoms with van der Waals surface area (Å²) in [5, 5.41) is 95.2. The zero-order valence-corrected chi connectivity index (χ0v) is 30.1. The van der Waals surface area contributed by atoms with E-state index < -0.39 is 122 Å². The highest BCUT2D eigenvalue weighted by atomic mass is 16.8. The quantitative estimate of drug-likeness (QED) is 0.0914. The predicted molar refractivity (Wildman–Crippen MR) is 184 cm³/mol. The van der Waals surface area contributed by atoms with Gasteiger partial charge in [-0.25, -0.2) is 0 Å². The summed E-state index contributed by atoms with van der Waals surface area (Å²) in [5.41, 5.74) is -0.230. The molecule has 3 fully saturated rings. The fourth-order valence-electron chi connectivity index (χ4n) is 6.62. The van der Waals surface area contributed by atoms with Crippen molar-refractivity contribution in [2.75, 3.05) is 20.3 Å². The molecule has 3 aromatic rings. The van der Waals surface area contributed by atoms with Crippen LogP contribution in [0.25, 0.3) is 22.3 Å². The van der Waals surface area contributed by atoms with Crippen LogP contribution in [0.3, 0.4) is 0 Å². The summed E-state index contributed by atoms with van der Waals surface area (Å²) in [6.07, 6.45) is -24.8. The van der Waals surface area contributed by atoms with Gasteiger partial charge in [0.05, 0.1) is 26.4 Å². The minimum Gasteiger partial charge on any atom is -0.507 e. The van der Waals surface area contributed by atoms with Gasteiger partial charge in [0.1, 0.15) is 88.9 Å². The molecule has 20 nitrogen and oxygen atoms in total. The highest BCUT2D eigenvalue weighted by Crippen LogP contribution is 2.36. The van der Waals surface area contributed by atoms with Gasteiger partial charge in [0.25, 0.3) is 0 Å². The second-order valence-corrected chi connectivity index (χ2v) is 13.6. The Bertz CT molecular complexity index is 1870. The van der Waals surface area contributed by atoms with Gasteiger partial charge in [-0.3, -0.25) is 9.59 Å². The molecule has 0 amide bonds. The number of esters is 1. The molecule has 4 heterocycles. The lowest BCUT2D eigenvalue weighted by atomic mass is 9.97. The van der Waals surface area contributed by atoms with Crippen molar-refractivity contribution in [3.8, 4) is 28.6 Å². The van der Waals surface area contributed by atoms with Crippen LogP contribution in [-0.2, 0) is 33.2 Å². The van der Waals surface area contributed by atoms with Gasteiger partial charge in [-0.15, -0.1) is 0 Å². The Morgan fingerprint density at radius 1 is 0.750 bits per heavy atom. The molecule has 0 saturated carbocycles. The Morgan fingerprint density at radius 2 is 1.43 bits per heavy atom. The van der Waals surface area contributed by atoms with E-state index in [1.54, 1.807) is 24.3 Å². The molecule has 6 rings (SSSR count). The van der Waals surface area contributed by atoms with Gasteiger partial charge in [0.15, 0.2) is 30.2 Å². The maximum atomic E-state index is 13.1. The van der Waals surface area contributed by atoms with Crippen molar-refractivity contribution in [2.45, 2.75) is 106 Å². The van der Waals surface area contributed by atoms with Crippen molar-refractivity contribution in [1.29, 1.82) is 0 Å². The minimum atomic E-state index is -1.95. The van der Waals surface area contributed by atoms with Crippen LogP contribution in [0.4, 0.5) is 0 Å². The number of hydrogen-bond donors (Lipinski definition) is 9. The fraction of sp³-hybridized carbons (Fsp3) is 0.556. The zero-order chi connectivity index (χ0) is 40.6. The number of hydrogen-bond acceptors (Lipinski definition) is 20. The number of aromatic hydroxyl groups is 1. The Balaban J connectivity index is 1.31. The normalized spacial score (nSPS) is 36.2. The number of carbonyl (C=O) groups excluding carboxylic acids is 1. The van der Waals surface area contributed by atoms with Crippen LogP contribution in [-0.4, -0.2) is 164 Å². The summed E-state index contributed by atoms with van der Waals surface area (Å²) in [6.45, 7) is 1.04. The van der Waals surface area contributed by atoms with Gasteiger partial charge in [-0.2, -0.15) is 0 Å². The molecule has 20 heteroatoms. The molecule has 0 unspecified atom stereocenters. The molecule has 1 aromatic heterocycles. The Kier molecular flexibility index (Phi) is 12.8. The first-order valence-electron chi connectivity index (χ1n) is 17.5. The van der Waals surface area contributed by atoms with E-state index in [0.29, 0.717) is 11.3 Å². The number of methoxy groups -OCH3 is 1. The topological polar surface area (TPSA) is 303 Å². The van der Waals surface area contributed by atoms with Crippen LogP contribution >= 0.6 is 0 Å². The van der Waals surface area contributed by atoms with Crippen LogP contribution in [0.15, 0.2) is 51.7 Å². The zero-order valence-electron chi connectivity index (χ0n) is 30.1. The van der Waals surface area contributed by atoms with Crippen molar-refractivity contribution in [1.82, 2.24) is 0 Å². The summed E-state index contributed by atoms with van der Waals surface area (Å²) in [7, 11) is 1.49. The molecule has 56 heavy (non-hydrogen) atoms. The molecule has 3 aliphatic heterocycles. The first kappa shape index (κ1) is 41.6. The lowest BCUT2D eigenvalue weighted by molar-refractivity contribution is -0.360. The van der Waals surface area contributed by atoms with Crippen molar-refractivity contribution in [3.05, 3.63) is 52.7 Å². The van der Waals surface area contributed by atoms with Gasteiger partial charge >= 0.3 is 5.97 Å². The molecule has 0 spiro atoms. The van der Waals surface area contributed by atoms with Crippen LogP contribution in [0.5, 0.6) is 17.2 Å². The largest absolute Gasteiger partial charge is 0.507 e. The maximum absolute atomic E-state index is 13.1. The second kappa shape index (κ2) is 17.2. The Hall–Kier alpha value is -4.00. The van der Waals surface area contributed by atoms with E-state index in [9.17, 15) is 55.5 Å². The molecular formula is C36H44O20. The Labute approximate surface area is 317 Å². The summed E-state index contributed by atoms with van der Waals surface area (Å²) in [4.78, 5) is 24.9. The molecule has 0 radical (unpaired) electrons. The third-order valence-corrected chi connectivity index (χ3v) is 9.70. The van der Waals surface area contributed by atoms with E-state index in [2.05, 4.69) is 0 Å². The van der Waals surface area contributed by atoms with Crippen LogP contribution in [0.1, 0.15) is 13.8 Å². The lowest BCUT2D eigenvalue weighted by Gasteiger charge is -2.46. The highest BCUT2D eigenvalue weighted by Gasteiger charge is 2.53. The minimum absolute atomic E-state index is 0.128. The number of carbonyl (C=O) groups is 1. The Morgan fingerprint density at radius 3 is 2.09 bits per heavy atom. The van der Waals surface area contributed by atoms with E-state index in [1.807, 2.05) is 0 Å². The third kappa shape index (κ3) is 8.48. The lowest BCUT2D eigenvalue weighted by Crippen LogP contribution is -2.65. The monoisotopic (exact) mass is 796 g/mol. The van der Waals surface area contributed by atoms with Gasteiger partial charge < -0.3 is 88.3 Å². The third-order valence-electron chi connectivity index (χ3n) is 9.70. The average molecular weight is 797 g/mol. The smallest absolute Gasteiger partial charge is 0.303 e. The summed E-state index contributed by atoms with van der Waals surface area (Å²) < 4.78 is 50.7. The molecule has 2 aromatic carbocycles. The fourth-order valence-corrected chi connectivity index (χ4v) is 6.62. The first-order chi connectivity index (χ1) is 26.6. The molecule has 15 atom stereocenters. The maximum Gasteiger partial charge on any atom is 0.303 e. The number of fused-ring (bicyclic) bond motifs is 1. The molecule has 9 N–H and O–H groups in total. The van der Waals surface area contributed by atoms with Crippen molar-refractivity contribution >= 4 is 16.9 Å². The number of aliphatic hydroxyl groups excluding tert-OH is 8. The van der Waals surface area contributed by atoms with Gasteiger partial charge in [-0.05, 0) is 31.2 Å². The second-order valence-electron chi connectivity index (χ2n) is 13.6. The molecule has 3 aliphatic rings. The van der Waals surface area contributed by atoms with E-state index in [4.69, 9.17) is 42.3 Å². The van der Waals surface area contributed by atoms with E-state index in [-0.39, 0.29) is 22.5 Å². The average Bonchev–Trinajstić information content (AvgIpc) is 3.17. The standard InChI is InChI=1S/C36H44O20/c1-13-25(41)32(51-14(2)38)31(47)35(50-13)56-33-29(45)27(43)23(12-49-34-30(46)28(44)26(42)22(11-37)54-34)55-36(33)52-17-8-18(39)24-19(40)10-20(53-21(24)9-17)15-4-6-16(48-3)7-5-15/h4-10,13,22-23,25-37,39,41-47H,11-12H2,1-3H3/t13-,22+,23-,25-,26-,27-,28-,29-,30+,31-,32+,33-,34+,35-,36+/m0/s1. The number of rotatable bonds is 11. The van der Waals surface area contributed by atoms with Crippen molar-refractivity contribution in [2.24, 2.45) is 0 Å². The number of benzene rings is 2. The first-order valence-corrected chi connectivity index (χ1v) is 17.5. The summed E-state index contributed by atoms with van der Waals surface area (Å²) in [5.74, 6) is -0.937. The van der Waals surface area contributed by atoms with E-state index in [0.717, 1.165) is 13.0 Å². The summed E-state index contributed by atoms with van der Waals surface area (Å²) >= 11 is 0. The van der Waals surface area contributed by atoms with Gasteiger partial charge in [-0.1, -0.05) is 0 Å². The van der Waals surface area contributed by atoms with E-state index in [1.165, 1.54) is 26.2 Å². The van der Waals surface area contributed by atoms with Crippen LogP contribution in [0.2, 0.25) is 0 Å². The number of phenols is 1. The summed E-state index contributed by atoms with van der Waals surface area (Å²) in [6, 6.07) is 10.1. The van der Waals surface area contributed by atoms with Crippen LogP contribution < -0.4 is 14.9 Å². The van der Waals surface area contributed by atoms with E-state index >= 15 is 0 Å². The van der Waals surface area contributed by atoms with Crippen LogP contribution in [0, 0.1) is 0 Å².